The van der Waals surface area contributed by atoms with E-state index < -0.39 is 0 Å². The van der Waals surface area contributed by atoms with Crippen molar-refractivity contribution in [1.82, 2.24) is 15.5 Å². The average molecular weight is 444 g/mol. The lowest BCUT2D eigenvalue weighted by molar-refractivity contribution is -0.127. The topological polar surface area (TPSA) is 66.0 Å². The van der Waals surface area contributed by atoms with Gasteiger partial charge < -0.3 is 20.3 Å². The van der Waals surface area contributed by atoms with E-state index in [4.69, 9.17) is 4.74 Å². The minimum atomic E-state index is -0.0470. The largest absolute Gasteiger partial charge is 0.488 e. The molecule has 1 atom stereocenters. The third kappa shape index (κ3) is 6.03. The number of nitrogens with one attached hydrogen (secondary N) is 2. The number of para-hydroxylation sites is 1. The average Bonchev–Trinajstić information content (AvgIpc) is 2.96. The molecule has 2 N–H and O–H groups in total. The van der Waals surface area contributed by atoms with Crippen molar-refractivity contribution in [2.45, 2.75) is 12.5 Å². The molecular formula is C17H25IN4O2. The predicted molar refractivity (Wildman–Crippen MR) is 107 cm³/mol. The molecule has 7 heteroatoms. The molecule has 0 aliphatic carbocycles. The lowest BCUT2D eigenvalue weighted by atomic mass is 10.1. The highest BCUT2D eigenvalue weighted by molar-refractivity contribution is 14.0. The Morgan fingerprint density at radius 2 is 2.17 bits per heavy atom. The number of rotatable bonds is 6. The van der Waals surface area contributed by atoms with Crippen LogP contribution in [0.25, 0.3) is 0 Å². The molecule has 0 spiro atoms. The number of nitrogens with zero attached hydrogens (tertiary/aromatic N) is 2. The lowest BCUT2D eigenvalue weighted by Gasteiger charge is -2.16. The SMILES string of the molecule is C=CCNC(=NCC(=O)N(C)C)NCC1Cc2ccccc2O1.I. The lowest BCUT2D eigenvalue weighted by Crippen LogP contribution is -2.43. The van der Waals surface area contributed by atoms with Crippen LogP contribution in [0.1, 0.15) is 5.56 Å². The highest BCUT2D eigenvalue weighted by Crippen LogP contribution is 2.27. The van der Waals surface area contributed by atoms with Crippen molar-refractivity contribution in [3.8, 4) is 5.75 Å². The van der Waals surface area contributed by atoms with Crippen molar-refractivity contribution in [2.75, 3.05) is 33.7 Å². The second-order valence-corrected chi connectivity index (χ2v) is 5.56. The van der Waals surface area contributed by atoms with Crippen LogP contribution < -0.4 is 15.4 Å². The van der Waals surface area contributed by atoms with E-state index in [1.807, 2.05) is 18.2 Å². The first kappa shape index (κ1) is 20.3. The van der Waals surface area contributed by atoms with Gasteiger partial charge in [0.2, 0.25) is 5.91 Å². The second kappa shape index (κ2) is 10.2. The fourth-order valence-electron chi connectivity index (χ4n) is 2.21. The summed E-state index contributed by atoms with van der Waals surface area (Å²) in [5.41, 5.74) is 1.22. The van der Waals surface area contributed by atoms with Crippen molar-refractivity contribution in [2.24, 2.45) is 4.99 Å². The van der Waals surface area contributed by atoms with Gasteiger partial charge in [0.25, 0.3) is 0 Å². The number of aliphatic imine (C=N–C) groups is 1. The van der Waals surface area contributed by atoms with Gasteiger partial charge in [-0.15, -0.1) is 30.6 Å². The first-order chi connectivity index (χ1) is 11.1. The maximum Gasteiger partial charge on any atom is 0.243 e. The number of hydrogen-bond acceptors (Lipinski definition) is 3. The summed E-state index contributed by atoms with van der Waals surface area (Å²) in [6.07, 6.45) is 2.68. The first-order valence-electron chi connectivity index (χ1n) is 7.68. The number of benzene rings is 1. The number of likely N-dealkylation sites (N-methyl/N-ethyl adjacent to an activating group) is 1. The van der Waals surface area contributed by atoms with Crippen LogP contribution >= 0.6 is 24.0 Å². The van der Waals surface area contributed by atoms with Crippen LogP contribution in [0.3, 0.4) is 0 Å². The van der Waals surface area contributed by atoms with Crippen LogP contribution in [0, 0.1) is 0 Å². The molecule has 1 aliphatic heterocycles. The Morgan fingerprint density at radius 1 is 1.42 bits per heavy atom. The van der Waals surface area contributed by atoms with Gasteiger partial charge in [-0.2, -0.15) is 0 Å². The number of guanidine groups is 1. The van der Waals surface area contributed by atoms with Gasteiger partial charge in [0, 0.05) is 27.1 Å². The zero-order valence-corrected chi connectivity index (χ0v) is 16.4. The van der Waals surface area contributed by atoms with Crippen molar-refractivity contribution in [3.05, 3.63) is 42.5 Å². The van der Waals surface area contributed by atoms with Crippen LogP contribution in [0.15, 0.2) is 41.9 Å². The Morgan fingerprint density at radius 3 is 2.83 bits per heavy atom. The van der Waals surface area contributed by atoms with Gasteiger partial charge in [-0.05, 0) is 11.6 Å². The summed E-state index contributed by atoms with van der Waals surface area (Å²) in [6, 6.07) is 8.05. The van der Waals surface area contributed by atoms with Gasteiger partial charge in [-0.1, -0.05) is 24.3 Å². The van der Waals surface area contributed by atoms with Crippen molar-refractivity contribution >= 4 is 35.8 Å². The molecule has 2 rings (SSSR count). The number of amides is 1. The van der Waals surface area contributed by atoms with Crippen LogP contribution in [-0.2, 0) is 11.2 Å². The smallest absolute Gasteiger partial charge is 0.243 e. The van der Waals surface area contributed by atoms with Crippen molar-refractivity contribution in [3.63, 3.8) is 0 Å². The van der Waals surface area contributed by atoms with E-state index in [1.165, 1.54) is 10.5 Å². The van der Waals surface area contributed by atoms with E-state index in [2.05, 4.69) is 28.3 Å². The van der Waals surface area contributed by atoms with Gasteiger partial charge in [0.1, 0.15) is 18.4 Å². The molecule has 6 nitrogen and oxygen atoms in total. The molecule has 0 aromatic heterocycles. The monoisotopic (exact) mass is 444 g/mol. The fourth-order valence-corrected chi connectivity index (χ4v) is 2.21. The summed E-state index contributed by atoms with van der Waals surface area (Å²) in [5.74, 6) is 1.48. The number of ether oxygens (including phenoxy) is 1. The molecule has 1 heterocycles. The summed E-state index contributed by atoms with van der Waals surface area (Å²) in [7, 11) is 3.43. The molecular weight excluding hydrogens is 419 g/mol. The molecule has 1 amide bonds. The standard InChI is InChI=1S/C17H24N4O2.HI/c1-4-9-18-17(20-12-16(22)21(2)3)19-11-14-10-13-7-5-6-8-15(13)23-14;/h4-8,14H,1,9-12H2,2-3H3,(H2,18,19,20);1H. The van der Waals surface area contributed by atoms with Crippen LogP contribution in [0.4, 0.5) is 0 Å². The maximum atomic E-state index is 11.6. The second-order valence-electron chi connectivity index (χ2n) is 5.56. The van der Waals surface area contributed by atoms with Gasteiger partial charge in [-0.25, -0.2) is 4.99 Å². The Balaban J connectivity index is 0.00000288. The van der Waals surface area contributed by atoms with Gasteiger partial charge in [0.05, 0.1) is 6.54 Å². The Labute approximate surface area is 160 Å². The molecule has 1 aliphatic rings. The third-order valence-electron chi connectivity index (χ3n) is 3.50. The molecule has 0 fully saturated rings. The normalized spacial score (nSPS) is 15.6. The summed E-state index contributed by atoms with van der Waals surface area (Å²) in [6.45, 7) is 4.97. The van der Waals surface area contributed by atoms with Crippen molar-refractivity contribution in [1.29, 1.82) is 0 Å². The number of halogens is 1. The van der Waals surface area contributed by atoms with E-state index >= 15 is 0 Å². The zero-order chi connectivity index (χ0) is 16.7. The predicted octanol–water partition coefficient (Wildman–Crippen LogP) is 1.42. The minimum Gasteiger partial charge on any atom is -0.488 e. The molecule has 24 heavy (non-hydrogen) atoms. The molecule has 1 unspecified atom stereocenters. The van der Waals surface area contributed by atoms with E-state index in [9.17, 15) is 4.79 Å². The Bertz CT molecular complexity index is 565. The zero-order valence-electron chi connectivity index (χ0n) is 14.1. The summed E-state index contributed by atoms with van der Waals surface area (Å²) in [4.78, 5) is 17.5. The van der Waals surface area contributed by atoms with Gasteiger partial charge in [-0.3, -0.25) is 4.79 Å². The summed E-state index contributed by atoms with van der Waals surface area (Å²) < 4.78 is 5.89. The number of carbonyl (C=O) groups excluding carboxylic acids is 1. The van der Waals surface area contributed by atoms with E-state index in [-0.39, 0.29) is 42.5 Å². The molecule has 1 aromatic rings. The van der Waals surface area contributed by atoms with Crippen LogP contribution in [-0.4, -0.2) is 56.6 Å². The van der Waals surface area contributed by atoms with Crippen LogP contribution in [0.5, 0.6) is 5.75 Å². The van der Waals surface area contributed by atoms with E-state index in [0.29, 0.717) is 19.0 Å². The minimum absolute atomic E-state index is 0. The van der Waals surface area contributed by atoms with Crippen molar-refractivity contribution < 1.29 is 9.53 Å². The summed E-state index contributed by atoms with van der Waals surface area (Å²) >= 11 is 0. The molecule has 132 valence electrons. The quantitative estimate of drug-likeness (QED) is 0.302. The van der Waals surface area contributed by atoms with Crippen LogP contribution in [0.2, 0.25) is 0 Å². The molecule has 0 saturated carbocycles. The number of carbonyl (C=O) groups is 1. The maximum absolute atomic E-state index is 11.6. The first-order valence-corrected chi connectivity index (χ1v) is 7.68. The highest BCUT2D eigenvalue weighted by atomic mass is 127. The third-order valence-corrected chi connectivity index (χ3v) is 3.50. The molecule has 0 radical (unpaired) electrons. The molecule has 0 saturated heterocycles. The number of hydrogen-bond donors (Lipinski definition) is 2. The fraction of sp³-hybridized carbons (Fsp3) is 0.412. The van der Waals surface area contributed by atoms with Gasteiger partial charge in [0.15, 0.2) is 5.96 Å². The summed E-state index contributed by atoms with van der Waals surface area (Å²) in [5, 5.41) is 6.32. The van der Waals surface area contributed by atoms with E-state index in [0.717, 1.165) is 12.2 Å². The van der Waals surface area contributed by atoms with Gasteiger partial charge >= 0.3 is 0 Å². The molecule has 0 bridgehead atoms. The molecule has 1 aromatic carbocycles. The Kier molecular flexibility index (Phi) is 8.59. The number of fused-ring (bicyclic) bond motifs is 1. The van der Waals surface area contributed by atoms with E-state index in [1.54, 1.807) is 20.2 Å². The highest BCUT2D eigenvalue weighted by Gasteiger charge is 2.22. The Hall–Kier alpha value is -1.77.